The number of rotatable bonds is 25. The van der Waals surface area contributed by atoms with Gasteiger partial charge in [-0.3, -0.25) is 0 Å². The number of aliphatic carboxylic acids is 1. The first kappa shape index (κ1) is 78.7. The van der Waals surface area contributed by atoms with E-state index in [1.165, 1.54) is 13.8 Å². The van der Waals surface area contributed by atoms with Crippen LogP contribution in [-0.2, 0) is 75.8 Å². The highest BCUT2D eigenvalue weighted by Crippen LogP contribution is 2.42. The van der Waals surface area contributed by atoms with E-state index in [1.54, 1.807) is 13.8 Å². The first-order chi connectivity index (χ1) is 44.9. The number of carbonyl (C=O) groups is 1. The van der Waals surface area contributed by atoms with E-state index in [4.69, 9.17) is 76.8 Å². The van der Waals surface area contributed by atoms with Crippen LogP contribution in [0.3, 0.4) is 0 Å². The fraction of sp³-hybridized carbons (Fsp3) is 0.982. The molecule has 8 rings (SSSR count). The molecule has 0 aromatic rings. The minimum atomic E-state index is -3.12. The van der Waals surface area contributed by atoms with Crippen LogP contribution >= 0.6 is 0 Å². The number of ether oxygens (including phenoxy) is 15. The monoisotopic (exact) mass is 1390 g/mol. The van der Waals surface area contributed by atoms with Crippen molar-refractivity contribution in [2.75, 3.05) is 52.9 Å². The molecule has 554 valence electrons. The van der Waals surface area contributed by atoms with Crippen molar-refractivity contribution >= 4 is 5.97 Å². The Morgan fingerprint density at radius 2 is 0.832 bits per heavy atom. The Hall–Kier alpha value is -2.05. The van der Waals surface area contributed by atoms with Crippen molar-refractivity contribution in [3.05, 3.63) is 0 Å². The molecule has 0 spiro atoms. The van der Waals surface area contributed by atoms with Crippen LogP contribution in [0.15, 0.2) is 0 Å². The quantitative estimate of drug-likeness (QED) is 0.0404. The second-order valence-electron chi connectivity index (χ2n) is 25.3. The van der Waals surface area contributed by atoms with E-state index in [2.05, 4.69) is 0 Å². The lowest BCUT2D eigenvalue weighted by Gasteiger charge is -2.51. The second-order valence-corrected chi connectivity index (χ2v) is 25.3. The average molecular weight is 1390 g/mol. The van der Waals surface area contributed by atoms with Gasteiger partial charge in [-0.1, -0.05) is 20.8 Å². The number of carboxylic acid groups (broad SMARTS) is 1. The molecule has 0 amide bonds. The van der Waals surface area contributed by atoms with E-state index in [0.717, 1.165) is 0 Å². The van der Waals surface area contributed by atoms with Gasteiger partial charge in [0.15, 0.2) is 37.7 Å². The topological polar surface area (TPSA) is 647 Å². The molecule has 41 atom stereocenters. The van der Waals surface area contributed by atoms with E-state index in [-0.39, 0.29) is 0 Å². The summed E-state index contributed by atoms with van der Waals surface area (Å²) in [6.45, 7) is -1.58. The fourth-order valence-electron chi connectivity index (χ4n) is 12.8. The molecular formula is C55H95NO39. The summed E-state index contributed by atoms with van der Waals surface area (Å²) in [5.41, 5.74) is 5.97. The number of aliphatic hydroxyl groups excluding tert-OH is 22. The Kier molecular flexibility index (Phi) is 27.6. The molecule has 0 saturated carbocycles. The summed E-state index contributed by atoms with van der Waals surface area (Å²) in [4.78, 5) is 12.9. The normalized spacial score (nSPS) is 51.6. The molecule has 25 N–H and O–H groups in total. The van der Waals surface area contributed by atoms with E-state index < -0.39 is 316 Å². The molecule has 40 heteroatoms. The van der Waals surface area contributed by atoms with Crippen LogP contribution in [0.2, 0.25) is 0 Å². The summed E-state index contributed by atoms with van der Waals surface area (Å²) in [6.07, 6.45) is -67.6. The van der Waals surface area contributed by atoms with Gasteiger partial charge < -0.3 is 194 Å². The molecule has 0 bridgehead atoms. The second kappa shape index (κ2) is 33.4. The molecule has 8 aliphatic rings. The Morgan fingerprint density at radius 3 is 1.34 bits per heavy atom. The molecule has 0 aromatic carbocycles. The molecule has 0 aromatic heterocycles. The lowest BCUT2D eigenvalue weighted by Crippen LogP contribution is -2.70. The van der Waals surface area contributed by atoms with Crippen molar-refractivity contribution in [2.45, 2.75) is 267 Å². The van der Waals surface area contributed by atoms with Gasteiger partial charge >= 0.3 is 5.97 Å². The standard InChI is InChI=1S/C55H95NO39/c1-14-17(4)82-23(10-61)41(28(14)66)89-48-15(2)29(67)42(24(11-62)86-48)90-51-39(77)45(35(73)26(88-51)13-81-50-38(76)36(74)32(70)20(7-58)83-50)92-53-47(37(75)33(71)21(8-59)85-53)93-49-16(3)30(68)43(25(12-63)87-49)91-52-40(78)46(34(72)22(9-60)84-52)95-55(54(79)80)5-18(64)27(56)44(94-55)31(69)19(65)6-57/h14-53,57-78H,5-13,56H2,1-4H3,(H,79,80)/t14-,15+,16+,17+,18-,19-,20?,21-,22?,23?,24?,25?,26?,27-,28?,29?,30?,31-,32-,33-,34+,35-,36?,37?,38-,39-,40+,41-,42-,43-,44?,45?,46?,47?,48+,49+,50+,51+,52+,53-,55+/m1/s1. The zero-order valence-corrected chi connectivity index (χ0v) is 51.9. The van der Waals surface area contributed by atoms with Crippen molar-refractivity contribution in [3.63, 3.8) is 0 Å². The highest BCUT2D eigenvalue weighted by Gasteiger charge is 2.62. The minimum Gasteiger partial charge on any atom is -0.477 e. The summed E-state index contributed by atoms with van der Waals surface area (Å²) in [7, 11) is 0. The number of nitrogens with two attached hydrogens (primary N) is 1. The number of carboxylic acids is 1. The average Bonchev–Trinajstić information content (AvgIpc) is 0.770. The zero-order valence-electron chi connectivity index (χ0n) is 51.9. The molecule has 15 unspecified atom stereocenters. The van der Waals surface area contributed by atoms with E-state index in [1.807, 2.05) is 0 Å². The molecular weight excluding hydrogens is 1300 g/mol. The third-order valence-corrected chi connectivity index (χ3v) is 19.1. The highest BCUT2D eigenvalue weighted by molar-refractivity contribution is 5.76. The van der Waals surface area contributed by atoms with Gasteiger partial charge in [-0.15, -0.1) is 0 Å². The van der Waals surface area contributed by atoms with Gasteiger partial charge in [-0.05, 0) is 6.92 Å². The van der Waals surface area contributed by atoms with Crippen molar-refractivity contribution in [3.8, 4) is 0 Å². The SMILES string of the molecule is C[C@@H]1OC(CO)[C@@H](O[C@@H]2OC(CO)[C@@H](O[C@@H]3OC(CO[C@H]4OC(CO)[C@@H](O)C(O)[C@H]4O)[C@@H](O)C(O[C@H]4O[C@H](CO)[C@@H](O)C(O)C4O[C@@H]4OC(CO)[C@@H](O[C@@H]5OC(CO)[C@H](O)C(O[C@]6(C(=O)O)C[C@@H](O)[C@@H](N)C([C@H](O)[C@H](O)CO)O6)[C@@H]5O)C(O)[C@@H]4C)[C@H]3O)C(O)[C@@H]2C)C(O)[C@@H]1C. The third-order valence-electron chi connectivity index (χ3n) is 19.1. The lowest BCUT2D eigenvalue weighted by molar-refractivity contribution is -0.403. The Balaban J connectivity index is 1.03. The minimum absolute atomic E-state index is 0.505. The maximum absolute atomic E-state index is 12.9. The molecule has 0 aliphatic carbocycles. The van der Waals surface area contributed by atoms with Gasteiger partial charge in [0.25, 0.3) is 5.79 Å². The summed E-state index contributed by atoms with van der Waals surface area (Å²) < 4.78 is 88.5. The lowest BCUT2D eigenvalue weighted by atomic mass is 9.88. The summed E-state index contributed by atoms with van der Waals surface area (Å²) in [6, 6.07) is -1.61. The third kappa shape index (κ3) is 16.3. The predicted molar refractivity (Wildman–Crippen MR) is 297 cm³/mol. The van der Waals surface area contributed by atoms with Crippen LogP contribution < -0.4 is 5.73 Å². The smallest absolute Gasteiger partial charge is 0.364 e. The molecule has 0 radical (unpaired) electrons. The largest absolute Gasteiger partial charge is 0.477 e. The maximum Gasteiger partial charge on any atom is 0.364 e. The van der Waals surface area contributed by atoms with Crippen LogP contribution in [0.4, 0.5) is 0 Å². The van der Waals surface area contributed by atoms with Crippen molar-refractivity contribution in [2.24, 2.45) is 23.5 Å². The van der Waals surface area contributed by atoms with Crippen LogP contribution in [0.5, 0.6) is 0 Å². The van der Waals surface area contributed by atoms with Gasteiger partial charge in [0.1, 0.15) is 153 Å². The van der Waals surface area contributed by atoms with Gasteiger partial charge in [-0.25, -0.2) is 4.79 Å². The summed E-state index contributed by atoms with van der Waals surface area (Å²) in [5, 5.41) is 251. The first-order valence-corrected chi connectivity index (χ1v) is 31.2. The highest BCUT2D eigenvalue weighted by atomic mass is 16.8. The Labute approximate surface area is 541 Å². The summed E-state index contributed by atoms with van der Waals surface area (Å²) >= 11 is 0. The van der Waals surface area contributed by atoms with Gasteiger partial charge in [-0.2, -0.15) is 0 Å². The zero-order chi connectivity index (χ0) is 70.1. The molecule has 95 heavy (non-hydrogen) atoms. The van der Waals surface area contributed by atoms with Crippen molar-refractivity contribution in [1.29, 1.82) is 0 Å². The molecule has 40 nitrogen and oxygen atoms in total. The van der Waals surface area contributed by atoms with Crippen molar-refractivity contribution < 1.29 is 193 Å². The number of hydrogen-bond donors (Lipinski definition) is 24. The van der Waals surface area contributed by atoms with Crippen LogP contribution in [-0.4, -0.2) is 409 Å². The van der Waals surface area contributed by atoms with Crippen LogP contribution in [0.25, 0.3) is 0 Å². The van der Waals surface area contributed by atoms with Crippen LogP contribution in [0, 0.1) is 17.8 Å². The van der Waals surface area contributed by atoms with E-state index in [0.29, 0.717) is 0 Å². The van der Waals surface area contributed by atoms with Gasteiger partial charge in [0.2, 0.25) is 0 Å². The van der Waals surface area contributed by atoms with E-state index in [9.17, 15) is 122 Å². The van der Waals surface area contributed by atoms with Gasteiger partial charge in [0.05, 0.1) is 89.4 Å². The molecule has 8 aliphatic heterocycles. The maximum atomic E-state index is 12.9. The van der Waals surface area contributed by atoms with E-state index >= 15 is 0 Å². The van der Waals surface area contributed by atoms with Crippen molar-refractivity contribution in [1.82, 2.24) is 0 Å². The fourth-order valence-corrected chi connectivity index (χ4v) is 12.8. The molecule has 8 heterocycles. The molecule has 8 fully saturated rings. The van der Waals surface area contributed by atoms with Crippen LogP contribution in [0.1, 0.15) is 34.1 Å². The van der Waals surface area contributed by atoms with Gasteiger partial charge in [0, 0.05) is 24.2 Å². The predicted octanol–water partition coefficient (Wildman–Crippen LogP) is -14.4. The first-order valence-electron chi connectivity index (χ1n) is 31.2. The number of aliphatic hydroxyl groups is 22. The molecule has 8 saturated heterocycles. The number of hydrogen-bond acceptors (Lipinski definition) is 39. The Bertz CT molecular complexity index is 2360. The summed E-state index contributed by atoms with van der Waals surface area (Å²) in [5.74, 6) is -8.21. The Morgan fingerprint density at radius 1 is 0.432 bits per heavy atom.